The molecule has 0 bridgehead atoms. The van der Waals surface area contributed by atoms with Gasteiger partial charge in [-0.2, -0.15) is 4.31 Å². The van der Waals surface area contributed by atoms with Crippen LogP contribution in [0.4, 0.5) is 0 Å². The monoisotopic (exact) mass is 626 g/mol. The molecule has 0 saturated carbocycles. The number of hydrogen-bond acceptors (Lipinski definition) is 6. The second-order valence-corrected chi connectivity index (χ2v) is 14.1. The molecule has 4 aromatic carbocycles. The number of methoxy groups -OCH3 is 1. The number of carbonyl (C=O) groups is 2. The number of ether oxygens (including phenoxy) is 2. The summed E-state index contributed by atoms with van der Waals surface area (Å²) in [7, 11) is -2.02. The van der Waals surface area contributed by atoms with Crippen LogP contribution >= 0.6 is 0 Å². The van der Waals surface area contributed by atoms with Crippen LogP contribution in [-0.2, 0) is 28.4 Å². The maximum absolute atomic E-state index is 13.7. The number of esters is 1. The summed E-state index contributed by atoms with van der Waals surface area (Å²) in [5, 5.41) is 1.76. The van der Waals surface area contributed by atoms with Crippen molar-refractivity contribution in [2.75, 3.05) is 26.7 Å². The summed E-state index contributed by atoms with van der Waals surface area (Å²) in [6.07, 6.45) is 2.21. The van der Waals surface area contributed by atoms with Crippen LogP contribution < -0.4 is 9.47 Å². The lowest BCUT2D eigenvalue weighted by molar-refractivity contribution is 0.0667. The van der Waals surface area contributed by atoms with Crippen molar-refractivity contribution in [2.45, 2.75) is 56.9 Å². The molecule has 9 heteroatoms. The summed E-state index contributed by atoms with van der Waals surface area (Å²) in [4.78, 5) is 29.1. The van der Waals surface area contributed by atoms with Gasteiger partial charge >= 0.3 is 5.97 Å². The number of rotatable bonds is 11. The molecule has 0 saturated heterocycles. The van der Waals surface area contributed by atoms with Gasteiger partial charge in [0.25, 0.3) is 5.91 Å². The zero-order valence-electron chi connectivity index (χ0n) is 26.1. The average molecular weight is 627 g/mol. The third-order valence-corrected chi connectivity index (χ3v) is 10.8. The van der Waals surface area contributed by atoms with E-state index in [0.29, 0.717) is 37.5 Å². The molecule has 1 unspecified atom stereocenters. The molecule has 1 aliphatic heterocycles. The molecule has 2 aliphatic rings. The quantitative estimate of drug-likeness (QED) is 0.142. The van der Waals surface area contributed by atoms with E-state index in [-0.39, 0.29) is 21.8 Å². The molecular formula is C36H38N2O6S. The minimum Gasteiger partial charge on any atom is -0.497 e. The Balaban J connectivity index is 1.26. The SMILES string of the molecule is CCCN(CCC)S(=O)(=O)c1ccc(C(=O)Oc2ccc3c4c5c(ccc24)C(=O)N(Cc2ccc(OC)cc2)CC5(C)C3)cc1. The zero-order chi connectivity index (χ0) is 31.9. The lowest BCUT2D eigenvalue weighted by Crippen LogP contribution is -2.47. The second-order valence-electron chi connectivity index (χ2n) is 12.2. The Kier molecular flexibility index (Phi) is 8.18. The third-order valence-electron chi connectivity index (χ3n) is 8.88. The van der Waals surface area contributed by atoms with Crippen LogP contribution in [0, 0.1) is 0 Å². The van der Waals surface area contributed by atoms with Gasteiger partial charge in [0.1, 0.15) is 11.5 Å². The molecule has 0 fully saturated rings. The first-order valence-electron chi connectivity index (χ1n) is 15.4. The lowest BCUT2D eigenvalue weighted by atomic mass is 9.77. The van der Waals surface area contributed by atoms with Crippen molar-refractivity contribution in [2.24, 2.45) is 0 Å². The molecule has 0 N–H and O–H groups in total. The van der Waals surface area contributed by atoms with Crippen LogP contribution in [0.5, 0.6) is 11.5 Å². The summed E-state index contributed by atoms with van der Waals surface area (Å²) in [5.41, 5.74) is 3.84. The highest BCUT2D eigenvalue weighted by Gasteiger charge is 2.45. The molecule has 1 heterocycles. The fourth-order valence-corrected chi connectivity index (χ4v) is 8.46. The largest absolute Gasteiger partial charge is 0.497 e. The summed E-state index contributed by atoms with van der Waals surface area (Å²) < 4.78 is 39.0. The standard InChI is InChI=1S/C36H38N2O6S/c1-5-19-38(20-6-2)45(41,42)28-14-9-25(10-15-28)35(40)44-31-18-11-26-21-36(3)23-37(22-24-7-12-27(43-4)13-8-24)34(39)30-17-16-29(31)32(26)33(30)36/h7-18H,5-6,19-23H2,1-4H3. The van der Waals surface area contributed by atoms with Gasteiger partial charge in [-0.15, -0.1) is 0 Å². The van der Waals surface area contributed by atoms with Gasteiger partial charge in [0.2, 0.25) is 10.0 Å². The van der Waals surface area contributed by atoms with E-state index in [1.807, 2.05) is 67.3 Å². The molecular weight excluding hydrogens is 588 g/mol. The van der Waals surface area contributed by atoms with Crippen molar-refractivity contribution in [1.82, 2.24) is 9.21 Å². The highest BCUT2D eigenvalue weighted by molar-refractivity contribution is 7.89. The minimum absolute atomic E-state index is 0.0121. The molecule has 4 aromatic rings. The van der Waals surface area contributed by atoms with E-state index in [2.05, 4.69) is 6.92 Å². The van der Waals surface area contributed by atoms with Gasteiger partial charge in [0.15, 0.2) is 0 Å². The normalized spacial score (nSPS) is 17.3. The topological polar surface area (TPSA) is 93.2 Å². The van der Waals surface area contributed by atoms with E-state index >= 15 is 0 Å². The Labute approximate surface area is 264 Å². The summed E-state index contributed by atoms with van der Waals surface area (Å²) in [5.74, 6) is 0.598. The van der Waals surface area contributed by atoms with Gasteiger partial charge in [0, 0.05) is 42.5 Å². The molecule has 1 aliphatic carbocycles. The Hall–Kier alpha value is -4.21. The van der Waals surface area contributed by atoms with Gasteiger partial charge in [-0.05, 0) is 95.9 Å². The molecule has 1 atom stereocenters. The number of amides is 1. The number of hydrogen-bond donors (Lipinski definition) is 0. The smallest absolute Gasteiger partial charge is 0.343 e. The minimum atomic E-state index is -3.65. The zero-order valence-corrected chi connectivity index (χ0v) is 26.9. The molecule has 234 valence electrons. The Morgan fingerprint density at radius 3 is 2.27 bits per heavy atom. The Morgan fingerprint density at radius 1 is 0.933 bits per heavy atom. The lowest BCUT2D eigenvalue weighted by Gasteiger charge is -2.39. The second kappa shape index (κ2) is 11.9. The highest BCUT2D eigenvalue weighted by atomic mass is 32.2. The van der Waals surface area contributed by atoms with Crippen molar-refractivity contribution in [3.05, 3.63) is 101 Å². The van der Waals surface area contributed by atoms with Crippen molar-refractivity contribution in [3.8, 4) is 11.5 Å². The molecule has 8 nitrogen and oxygen atoms in total. The van der Waals surface area contributed by atoms with E-state index in [1.54, 1.807) is 7.11 Å². The van der Waals surface area contributed by atoms with E-state index in [1.165, 1.54) is 28.6 Å². The van der Waals surface area contributed by atoms with Crippen LogP contribution in [0.3, 0.4) is 0 Å². The number of nitrogens with zero attached hydrogens (tertiary/aromatic N) is 2. The van der Waals surface area contributed by atoms with Crippen molar-refractivity contribution < 1.29 is 27.5 Å². The van der Waals surface area contributed by atoms with Gasteiger partial charge in [-0.3, -0.25) is 4.79 Å². The molecule has 1 amide bonds. The predicted molar refractivity (Wildman–Crippen MR) is 173 cm³/mol. The van der Waals surface area contributed by atoms with E-state index in [9.17, 15) is 18.0 Å². The number of benzene rings is 4. The Morgan fingerprint density at radius 2 is 1.62 bits per heavy atom. The van der Waals surface area contributed by atoms with Crippen LogP contribution in [0.2, 0.25) is 0 Å². The van der Waals surface area contributed by atoms with Crippen molar-refractivity contribution in [3.63, 3.8) is 0 Å². The van der Waals surface area contributed by atoms with Crippen molar-refractivity contribution in [1.29, 1.82) is 0 Å². The number of carbonyl (C=O) groups excluding carboxylic acids is 2. The highest BCUT2D eigenvalue weighted by Crippen LogP contribution is 2.49. The van der Waals surface area contributed by atoms with Crippen LogP contribution in [0.1, 0.15) is 71.0 Å². The third kappa shape index (κ3) is 5.48. The Bertz CT molecular complexity index is 1880. The van der Waals surface area contributed by atoms with Crippen LogP contribution in [-0.4, -0.2) is 56.2 Å². The fraction of sp³-hybridized carbons (Fsp3) is 0.333. The summed E-state index contributed by atoms with van der Waals surface area (Å²) in [6.45, 7) is 8.06. The van der Waals surface area contributed by atoms with Gasteiger partial charge < -0.3 is 14.4 Å². The van der Waals surface area contributed by atoms with E-state index in [0.717, 1.165) is 52.5 Å². The van der Waals surface area contributed by atoms with Gasteiger partial charge in [0.05, 0.1) is 17.6 Å². The summed E-state index contributed by atoms with van der Waals surface area (Å²) >= 11 is 0. The fourth-order valence-electron chi connectivity index (χ4n) is 6.84. The number of sulfonamides is 1. The molecule has 0 radical (unpaired) electrons. The molecule has 45 heavy (non-hydrogen) atoms. The van der Waals surface area contributed by atoms with Crippen molar-refractivity contribution >= 4 is 32.7 Å². The predicted octanol–water partition coefficient (Wildman–Crippen LogP) is 6.35. The maximum atomic E-state index is 13.7. The first-order valence-corrected chi connectivity index (χ1v) is 16.9. The van der Waals surface area contributed by atoms with E-state index in [4.69, 9.17) is 9.47 Å². The van der Waals surface area contributed by atoms with Crippen LogP contribution in [0.25, 0.3) is 10.8 Å². The first kappa shape index (κ1) is 30.8. The summed E-state index contributed by atoms with van der Waals surface area (Å²) in [6, 6.07) is 21.2. The van der Waals surface area contributed by atoms with E-state index < -0.39 is 16.0 Å². The van der Waals surface area contributed by atoms with Crippen LogP contribution in [0.15, 0.2) is 77.7 Å². The molecule has 0 spiro atoms. The van der Waals surface area contributed by atoms with Gasteiger partial charge in [-0.1, -0.05) is 39.0 Å². The molecule has 0 aromatic heterocycles. The molecule has 6 rings (SSSR count). The average Bonchev–Trinajstić information content (AvgIpc) is 3.35. The first-order chi connectivity index (χ1) is 21.6. The maximum Gasteiger partial charge on any atom is 0.343 e. The van der Waals surface area contributed by atoms with Gasteiger partial charge in [-0.25, -0.2) is 13.2 Å².